The van der Waals surface area contributed by atoms with Gasteiger partial charge in [-0.3, -0.25) is 0 Å². The smallest absolute Gasteiger partial charge is 0.335 e. The van der Waals surface area contributed by atoms with Gasteiger partial charge in [-0.05, 0) is 52.7 Å². The van der Waals surface area contributed by atoms with E-state index in [4.69, 9.17) is 9.84 Å². The van der Waals surface area contributed by atoms with Crippen molar-refractivity contribution in [3.05, 3.63) is 63.4 Å². The second-order valence-electron chi connectivity index (χ2n) is 4.33. The van der Waals surface area contributed by atoms with Crippen LogP contribution >= 0.6 is 15.9 Å². The van der Waals surface area contributed by atoms with Gasteiger partial charge in [-0.1, -0.05) is 12.1 Å². The monoisotopic (exact) mass is 338 g/mol. The molecule has 20 heavy (non-hydrogen) atoms. The molecule has 0 amide bonds. The third-order valence-corrected chi connectivity index (χ3v) is 3.39. The van der Waals surface area contributed by atoms with E-state index < -0.39 is 11.8 Å². The highest BCUT2D eigenvalue weighted by Gasteiger charge is 2.09. The maximum atomic E-state index is 13.7. The standard InChI is InChI=1S/C15H12BrFO3/c1-9-2-5-14(12(16)6-9)20-8-11-4-3-10(15(18)19)7-13(11)17/h2-7H,8H2,1H3,(H,18,19). The number of hydrogen-bond acceptors (Lipinski definition) is 2. The lowest BCUT2D eigenvalue weighted by Gasteiger charge is -2.10. The summed E-state index contributed by atoms with van der Waals surface area (Å²) in [5.74, 6) is -1.14. The number of benzene rings is 2. The minimum absolute atomic E-state index is 0.0351. The van der Waals surface area contributed by atoms with Gasteiger partial charge in [0.2, 0.25) is 0 Å². The third-order valence-electron chi connectivity index (χ3n) is 2.77. The van der Waals surface area contributed by atoms with Gasteiger partial charge in [0.1, 0.15) is 18.2 Å². The molecule has 0 aliphatic carbocycles. The first-order chi connectivity index (χ1) is 9.47. The number of aromatic carboxylic acids is 1. The van der Waals surface area contributed by atoms with Gasteiger partial charge in [-0.2, -0.15) is 0 Å². The Hall–Kier alpha value is -1.88. The molecule has 2 aromatic carbocycles. The highest BCUT2D eigenvalue weighted by molar-refractivity contribution is 9.10. The molecule has 3 nitrogen and oxygen atoms in total. The summed E-state index contributed by atoms with van der Waals surface area (Å²) in [6, 6.07) is 9.35. The number of hydrogen-bond donors (Lipinski definition) is 1. The molecular formula is C15H12BrFO3. The SMILES string of the molecule is Cc1ccc(OCc2ccc(C(=O)O)cc2F)c(Br)c1. The number of halogens is 2. The third kappa shape index (κ3) is 3.36. The zero-order valence-electron chi connectivity index (χ0n) is 10.7. The number of aryl methyl sites for hydroxylation is 1. The highest BCUT2D eigenvalue weighted by Crippen LogP contribution is 2.26. The highest BCUT2D eigenvalue weighted by atomic mass is 79.9. The van der Waals surface area contributed by atoms with Crippen LogP contribution in [-0.4, -0.2) is 11.1 Å². The first-order valence-corrected chi connectivity index (χ1v) is 6.67. The maximum absolute atomic E-state index is 13.7. The molecule has 0 fully saturated rings. The molecule has 104 valence electrons. The number of carboxylic acids is 1. The molecule has 0 heterocycles. The second kappa shape index (κ2) is 6.05. The minimum atomic E-state index is -1.15. The van der Waals surface area contributed by atoms with Crippen LogP contribution in [0.5, 0.6) is 5.75 Å². The molecule has 0 radical (unpaired) electrons. The lowest BCUT2D eigenvalue weighted by molar-refractivity contribution is 0.0696. The van der Waals surface area contributed by atoms with Crippen LogP contribution in [0.15, 0.2) is 40.9 Å². The summed E-state index contributed by atoms with van der Waals surface area (Å²) in [5.41, 5.74) is 1.31. The molecular weight excluding hydrogens is 327 g/mol. The van der Waals surface area contributed by atoms with Crippen molar-refractivity contribution < 1.29 is 19.0 Å². The van der Waals surface area contributed by atoms with Crippen LogP contribution < -0.4 is 4.74 Å². The van der Waals surface area contributed by atoms with Crippen molar-refractivity contribution in [3.63, 3.8) is 0 Å². The van der Waals surface area contributed by atoms with Crippen molar-refractivity contribution >= 4 is 21.9 Å². The predicted octanol–water partition coefficient (Wildman–Crippen LogP) is 4.17. The Morgan fingerprint density at radius 3 is 2.65 bits per heavy atom. The van der Waals surface area contributed by atoms with E-state index in [9.17, 15) is 9.18 Å². The van der Waals surface area contributed by atoms with E-state index in [-0.39, 0.29) is 12.2 Å². The van der Waals surface area contributed by atoms with Crippen LogP contribution in [0.25, 0.3) is 0 Å². The van der Waals surface area contributed by atoms with Gasteiger partial charge in [0, 0.05) is 5.56 Å². The van der Waals surface area contributed by atoms with Crippen molar-refractivity contribution in [1.82, 2.24) is 0 Å². The first-order valence-electron chi connectivity index (χ1n) is 5.88. The van der Waals surface area contributed by atoms with Crippen molar-refractivity contribution in [1.29, 1.82) is 0 Å². The zero-order valence-corrected chi connectivity index (χ0v) is 12.3. The van der Waals surface area contributed by atoms with E-state index in [0.717, 1.165) is 16.1 Å². The van der Waals surface area contributed by atoms with Crippen molar-refractivity contribution in [2.24, 2.45) is 0 Å². The normalized spacial score (nSPS) is 10.3. The van der Waals surface area contributed by atoms with Gasteiger partial charge in [0.15, 0.2) is 0 Å². The molecule has 2 rings (SSSR count). The Kier molecular flexibility index (Phi) is 4.39. The van der Waals surface area contributed by atoms with E-state index in [1.165, 1.54) is 12.1 Å². The molecule has 0 saturated heterocycles. The van der Waals surface area contributed by atoms with Crippen molar-refractivity contribution in [2.45, 2.75) is 13.5 Å². The molecule has 0 saturated carbocycles. The molecule has 0 unspecified atom stereocenters. The van der Waals surface area contributed by atoms with Gasteiger partial charge in [0.25, 0.3) is 0 Å². The van der Waals surface area contributed by atoms with Crippen LogP contribution in [0.4, 0.5) is 4.39 Å². The number of carbonyl (C=O) groups is 1. The quantitative estimate of drug-likeness (QED) is 0.909. The van der Waals surface area contributed by atoms with Crippen molar-refractivity contribution in [2.75, 3.05) is 0 Å². The molecule has 0 aromatic heterocycles. The number of ether oxygens (including phenoxy) is 1. The fourth-order valence-corrected chi connectivity index (χ4v) is 2.28. The molecule has 0 aliphatic heterocycles. The lowest BCUT2D eigenvalue weighted by atomic mass is 10.1. The van der Waals surface area contributed by atoms with Crippen LogP contribution in [0.2, 0.25) is 0 Å². The number of rotatable bonds is 4. The average molecular weight is 339 g/mol. The predicted molar refractivity (Wildman–Crippen MR) is 76.6 cm³/mol. The molecule has 2 aromatic rings. The molecule has 0 atom stereocenters. The van der Waals surface area contributed by atoms with Gasteiger partial charge in [-0.25, -0.2) is 9.18 Å². The first kappa shape index (κ1) is 14.5. The molecule has 0 aliphatic rings. The lowest BCUT2D eigenvalue weighted by Crippen LogP contribution is -2.02. The molecule has 0 bridgehead atoms. The Morgan fingerprint density at radius 2 is 2.05 bits per heavy atom. The number of carboxylic acid groups (broad SMARTS) is 1. The van der Waals surface area contributed by atoms with E-state index in [2.05, 4.69) is 15.9 Å². The summed E-state index contributed by atoms with van der Waals surface area (Å²) in [6.45, 7) is 1.99. The summed E-state index contributed by atoms with van der Waals surface area (Å²) < 4.78 is 20.0. The van der Waals surface area contributed by atoms with Crippen LogP contribution in [-0.2, 0) is 6.61 Å². The Balaban J connectivity index is 2.13. The van der Waals surface area contributed by atoms with Crippen molar-refractivity contribution in [3.8, 4) is 5.75 Å². The van der Waals surface area contributed by atoms with Crippen LogP contribution in [0, 0.1) is 12.7 Å². The van der Waals surface area contributed by atoms with Crippen LogP contribution in [0.3, 0.4) is 0 Å². The van der Waals surface area contributed by atoms with E-state index in [1.807, 2.05) is 19.1 Å². The fraction of sp³-hybridized carbons (Fsp3) is 0.133. The summed E-state index contributed by atoms with van der Waals surface area (Å²) in [5, 5.41) is 8.77. The van der Waals surface area contributed by atoms with E-state index >= 15 is 0 Å². The van der Waals surface area contributed by atoms with E-state index in [0.29, 0.717) is 11.3 Å². The Labute approximate surface area is 124 Å². The van der Waals surface area contributed by atoms with Gasteiger partial charge in [-0.15, -0.1) is 0 Å². The summed E-state index contributed by atoms with van der Waals surface area (Å²) in [6.07, 6.45) is 0. The molecule has 0 spiro atoms. The summed E-state index contributed by atoms with van der Waals surface area (Å²) in [4.78, 5) is 10.7. The molecule has 1 N–H and O–H groups in total. The zero-order chi connectivity index (χ0) is 14.7. The van der Waals surface area contributed by atoms with Gasteiger partial charge >= 0.3 is 5.97 Å². The second-order valence-corrected chi connectivity index (χ2v) is 5.19. The Morgan fingerprint density at radius 1 is 1.30 bits per heavy atom. The van der Waals surface area contributed by atoms with Crippen LogP contribution in [0.1, 0.15) is 21.5 Å². The van der Waals surface area contributed by atoms with Gasteiger partial charge < -0.3 is 9.84 Å². The van der Waals surface area contributed by atoms with Gasteiger partial charge in [0.05, 0.1) is 10.0 Å². The average Bonchev–Trinajstić information content (AvgIpc) is 2.38. The van der Waals surface area contributed by atoms with E-state index in [1.54, 1.807) is 6.07 Å². The topological polar surface area (TPSA) is 46.5 Å². The Bertz CT molecular complexity index is 656. The summed E-state index contributed by atoms with van der Waals surface area (Å²) in [7, 11) is 0. The minimum Gasteiger partial charge on any atom is -0.488 e. The largest absolute Gasteiger partial charge is 0.488 e. The molecule has 5 heteroatoms. The maximum Gasteiger partial charge on any atom is 0.335 e. The summed E-state index contributed by atoms with van der Waals surface area (Å²) >= 11 is 3.37. The fourth-order valence-electron chi connectivity index (χ4n) is 1.68.